The Balaban J connectivity index is 1.56. The van der Waals surface area contributed by atoms with Crippen molar-refractivity contribution < 1.29 is 9.53 Å². The first-order valence-electron chi connectivity index (χ1n) is 6.76. The van der Waals surface area contributed by atoms with Gasteiger partial charge in [-0.2, -0.15) is 0 Å². The fraction of sp³-hybridized carbons (Fsp3) is 0.188. The summed E-state index contributed by atoms with van der Waals surface area (Å²) in [5.41, 5.74) is 2.92. The quantitative estimate of drug-likeness (QED) is 0.910. The van der Waals surface area contributed by atoms with Crippen molar-refractivity contribution in [3.63, 3.8) is 0 Å². The van der Waals surface area contributed by atoms with E-state index in [0.717, 1.165) is 24.3 Å². The molecule has 5 heteroatoms. The van der Waals surface area contributed by atoms with Crippen LogP contribution in [-0.2, 0) is 13.0 Å². The molecule has 0 saturated heterocycles. The molecule has 3 rings (SSSR count). The van der Waals surface area contributed by atoms with E-state index in [1.165, 1.54) is 5.56 Å². The second-order valence-corrected chi connectivity index (χ2v) is 5.29. The van der Waals surface area contributed by atoms with Crippen molar-refractivity contribution in [2.24, 2.45) is 0 Å². The summed E-state index contributed by atoms with van der Waals surface area (Å²) in [5.74, 6) is 0.946. The number of carbonyl (C=O) groups is 1. The fourth-order valence-electron chi connectivity index (χ4n) is 2.27. The molecule has 108 valence electrons. The van der Waals surface area contributed by atoms with Gasteiger partial charge >= 0.3 is 6.03 Å². The summed E-state index contributed by atoms with van der Waals surface area (Å²) in [7, 11) is 0. The number of benzene rings is 2. The maximum atomic E-state index is 11.8. The Labute approximate surface area is 128 Å². The largest absolute Gasteiger partial charge is 0.493 e. The van der Waals surface area contributed by atoms with Crippen LogP contribution in [0.4, 0.5) is 10.5 Å². The van der Waals surface area contributed by atoms with Gasteiger partial charge in [0.2, 0.25) is 0 Å². The van der Waals surface area contributed by atoms with Crippen LogP contribution in [0.3, 0.4) is 0 Å². The predicted molar refractivity (Wildman–Crippen MR) is 83.0 cm³/mol. The van der Waals surface area contributed by atoms with Gasteiger partial charge in [0.05, 0.1) is 6.61 Å². The molecule has 2 amide bonds. The first-order valence-corrected chi connectivity index (χ1v) is 7.13. The van der Waals surface area contributed by atoms with Crippen molar-refractivity contribution in [2.45, 2.75) is 13.0 Å². The number of halogens is 1. The summed E-state index contributed by atoms with van der Waals surface area (Å²) >= 11 is 5.87. The molecule has 0 unspecified atom stereocenters. The van der Waals surface area contributed by atoms with E-state index in [1.54, 1.807) is 24.3 Å². The molecule has 0 atom stereocenters. The van der Waals surface area contributed by atoms with Crippen molar-refractivity contribution in [1.29, 1.82) is 0 Å². The van der Waals surface area contributed by atoms with E-state index < -0.39 is 0 Å². The number of anilines is 1. The van der Waals surface area contributed by atoms with E-state index in [0.29, 0.717) is 17.3 Å². The van der Waals surface area contributed by atoms with Gasteiger partial charge in [0.25, 0.3) is 0 Å². The zero-order chi connectivity index (χ0) is 14.7. The number of ether oxygens (including phenoxy) is 1. The number of carbonyl (C=O) groups excluding carboxylic acids is 1. The molecule has 2 aromatic carbocycles. The van der Waals surface area contributed by atoms with E-state index in [1.807, 2.05) is 12.1 Å². The van der Waals surface area contributed by atoms with Gasteiger partial charge in [0, 0.05) is 23.7 Å². The summed E-state index contributed by atoms with van der Waals surface area (Å²) in [5, 5.41) is 6.16. The Kier molecular flexibility index (Phi) is 3.97. The van der Waals surface area contributed by atoms with Gasteiger partial charge in [-0.3, -0.25) is 0 Å². The molecule has 2 N–H and O–H groups in total. The highest BCUT2D eigenvalue weighted by Gasteiger charge is 2.12. The van der Waals surface area contributed by atoms with Crippen molar-refractivity contribution in [1.82, 2.24) is 5.32 Å². The zero-order valence-corrected chi connectivity index (χ0v) is 12.1. The van der Waals surface area contributed by atoms with Crippen LogP contribution in [0.15, 0.2) is 42.5 Å². The summed E-state index contributed by atoms with van der Waals surface area (Å²) in [6.45, 7) is 1.21. The normalized spacial score (nSPS) is 12.4. The molecule has 0 saturated carbocycles. The van der Waals surface area contributed by atoms with Crippen LogP contribution in [0.1, 0.15) is 11.1 Å². The standard InChI is InChI=1S/C16H15ClN2O2/c17-13-2-1-3-14(9-13)19-16(20)18-10-11-4-5-15-12(8-11)6-7-21-15/h1-5,8-9H,6-7,10H2,(H2,18,19,20). The zero-order valence-electron chi connectivity index (χ0n) is 11.4. The lowest BCUT2D eigenvalue weighted by molar-refractivity contribution is 0.251. The first-order chi connectivity index (χ1) is 10.2. The minimum Gasteiger partial charge on any atom is -0.493 e. The lowest BCUT2D eigenvalue weighted by atomic mass is 10.1. The Morgan fingerprint density at radius 1 is 1.24 bits per heavy atom. The summed E-state index contributed by atoms with van der Waals surface area (Å²) < 4.78 is 5.46. The van der Waals surface area contributed by atoms with Gasteiger partial charge in [-0.1, -0.05) is 29.8 Å². The second-order valence-electron chi connectivity index (χ2n) is 4.86. The molecule has 0 fully saturated rings. The number of fused-ring (bicyclic) bond motifs is 1. The summed E-state index contributed by atoms with van der Waals surface area (Å²) in [6.07, 6.45) is 0.928. The number of amides is 2. The Hall–Kier alpha value is -2.20. The Morgan fingerprint density at radius 2 is 2.14 bits per heavy atom. The molecule has 2 aromatic rings. The van der Waals surface area contributed by atoms with Crippen LogP contribution in [0.2, 0.25) is 5.02 Å². The van der Waals surface area contributed by atoms with Crippen molar-refractivity contribution in [2.75, 3.05) is 11.9 Å². The van der Waals surface area contributed by atoms with E-state index in [4.69, 9.17) is 16.3 Å². The summed E-state index contributed by atoms with van der Waals surface area (Å²) in [4.78, 5) is 11.8. The smallest absolute Gasteiger partial charge is 0.319 e. The highest BCUT2D eigenvalue weighted by molar-refractivity contribution is 6.30. The van der Waals surface area contributed by atoms with E-state index >= 15 is 0 Å². The van der Waals surface area contributed by atoms with Gasteiger partial charge in [-0.25, -0.2) is 4.79 Å². The second kappa shape index (κ2) is 6.06. The molecule has 21 heavy (non-hydrogen) atoms. The van der Waals surface area contributed by atoms with E-state index in [-0.39, 0.29) is 6.03 Å². The van der Waals surface area contributed by atoms with Gasteiger partial charge in [0.1, 0.15) is 5.75 Å². The minimum atomic E-state index is -0.256. The minimum absolute atomic E-state index is 0.256. The molecule has 4 nitrogen and oxygen atoms in total. The lowest BCUT2D eigenvalue weighted by Crippen LogP contribution is -2.28. The maximum absolute atomic E-state index is 11.8. The fourth-order valence-corrected chi connectivity index (χ4v) is 2.46. The topological polar surface area (TPSA) is 50.4 Å². The third-order valence-corrected chi connectivity index (χ3v) is 3.52. The van der Waals surface area contributed by atoms with Crippen LogP contribution in [0.5, 0.6) is 5.75 Å². The van der Waals surface area contributed by atoms with Gasteiger partial charge in [0.15, 0.2) is 0 Å². The molecule has 1 aliphatic rings. The Morgan fingerprint density at radius 3 is 3.00 bits per heavy atom. The third kappa shape index (κ3) is 3.47. The molecule has 1 heterocycles. The molecular formula is C16H15ClN2O2. The average Bonchev–Trinajstić information content (AvgIpc) is 2.92. The molecule has 0 aromatic heterocycles. The predicted octanol–water partition coefficient (Wildman–Crippen LogP) is 3.60. The molecular weight excluding hydrogens is 288 g/mol. The summed E-state index contributed by atoms with van der Waals surface area (Å²) in [6, 6.07) is 12.8. The van der Waals surface area contributed by atoms with Crippen LogP contribution in [0, 0.1) is 0 Å². The molecule has 0 aliphatic carbocycles. The van der Waals surface area contributed by atoms with Crippen LogP contribution >= 0.6 is 11.6 Å². The number of hydrogen-bond acceptors (Lipinski definition) is 2. The highest BCUT2D eigenvalue weighted by atomic mass is 35.5. The third-order valence-electron chi connectivity index (χ3n) is 3.29. The maximum Gasteiger partial charge on any atom is 0.319 e. The van der Waals surface area contributed by atoms with Crippen molar-refractivity contribution in [3.05, 3.63) is 58.6 Å². The van der Waals surface area contributed by atoms with Gasteiger partial charge < -0.3 is 15.4 Å². The number of nitrogens with one attached hydrogen (secondary N) is 2. The van der Waals surface area contributed by atoms with Crippen LogP contribution < -0.4 is 15.4 Å². The van der Waals surface area contributed by atoms with Crippen molar-refractivity contribution in [3.8, 4) is 5.75 Å². The Bertz CT molecular complexity index is 673. The number of hydrogen-bond donors (Lipinski definition) is 2. The lowest BCUT2D eigenvalue weighted by Gasteiger charge is -2.09. The van der Waals surface area contributed by atoms with E-state index in [9.17, 15) is 4.79 Å². The SMILES string of the molecule is O=C(NCc1ccc2c(c1)CCO2)Nc1cccc(Cl)c1. The van der Waals surface area contributed by atoms with Crippen LogP contribution in [-0.4, -0.2) is 12.6 Å². The van der Waals surface area contributed by atoms with Gasteiger partial charge in [-0.05, 0) is 35.4 Å². The highest BCUT2D eigenvalue weighted by Crippen LogP contribution is 2.25. The number of rotatable bonds is 3. The monoisotopic (exact) mass is 302 g/mol. The number of urea groups is 1. The van der Waals surface area contributed by atoms with Crippen LogP contribution in [0.25, 0.3) is 0 Å². The van der Waals surface area contributed by atoms with E-state index in [2.05, 4.69) is 16.7 Å². The molecule has 0 radical (unpaired) electrons. The van der Waals surface area contributed by atoms with Gasteiger partial charge in [-0.15, -0.1) is 0 Å². The van der Waals surface area contributed by atoms with Crippen molar-refractivity contribution >= 4 is 23.3 Å². The first kappa shape index (κ1) is 13.8. The molecule has 0 spiro atoms. The molecule has 1 aliphatic heterocycles. The molecule has 0 bridgehead atoms. The average molecular weight is 303 g/mol.